The zero-order valence-corrected chi connectivity index (χ0v) is 10.4. The molecule has 1 aromatic heterocycles. The number of hydrazine groups is 1. The molecule has 0 saturated carbocycles. The normalized spacial score (nSPS) is 12.4. The SMILES string of the molecule is NNC(Cc1ccccc1F)c1ccc(Cl)nc1. The molecule has 0 aliphatic rings. The molecule has 94 valence electrons. The van der Waals surface area contributed by atoms with Crippen LogP contribution in [-0.4, -0.2) is 4.98 Å². The molecule has 0 spiro atoms. The number of nitrogens with zero attached hydrogens (tertiary/aromatic N) is 1. The van der Waals surface area contributed by atoms with Crippen LogP contribution in [0.5, 0.6) is 0 Å². The molecule has 5 heteroatoms. The van der Waals surface area contributed by atoms with Gasteiger partial charge in [-0.3, -0.25) is 11.3 Å². The summed E-state index contributed by atoms with van der Waals surface area (Å²) in [5, 5.41) is 0.417. The minimum atomic E-state index is -0.236. The molecule has 2 aromatic rings. The summed E-state index contributed by atoms with van der Waals surface area (Å²) in [6.45, 7) is 0. The Morgan fingerprint density at radius 2 is 2.06 bits per heavy atom. The Kier molecular flexibility index (Phi) is 4.25. The van der Waals surface area contributed by atoms with Gasteiger partial charge in [0.15, 0.2) is 0 Å². The predicted molar refractivity (Wildman–Crippen MR) is 69.4 cm³/mol. The molecular weight excluding hydrogens is 253 g/mol. The Morgan fingerprint density at radius 1 is 1.28 bits per heavy atom. The van der Waals surface area contributed by atoms with Crippen molar-refractivity contribution in [2.24, 2.45) is 5.84 Å². The number of nitrogens with one attached hydrogen (secondary N) is 1. The summed E-state index contributed by atoms with van der Waals surface area (Å²) < 4.78 is 13.6. The maximum absolute atomic E-state index is 13.6. The predicted octanol–water partition coefficient (Wildman–Crippen LogP) is 2.62. The van der Waals surface area contributed by atoms with E-state index in [1.807, 2.05) is 6.07 Å². The van der Waals surface area contributed by atoms with Gasteiger partial charge in [0.2, 0.25) is 0 Å². The minimum Gasteiger partial charge on any atom is -0.271 e. The van der Waals surface area contributed by atoms with E-state index >= 15 is 0 Å². The average molecular weight is 266 g/mol. The van der Waals surface area contributed by atoms with E-state index in [9.17, 15) is 4.39 Å². The molecule has 1 heterocycles. The minimum absolute atomic E-state index is 0.202. The Labute approximate surface area is 110 Å². The zero-order chi connectivity index (χ0) is 13.0. The third-order valence-corrected chi connectivity index (χ3v) is 2.96. The van der Waals surface area contributed by atoms with Crippen LogP contribution in [0.3, 0.4) is 0 Å². The maximum atomic E-state index is 13.6. The fourth-order valence-electron chi connectivity index (χ4n) is 1.75. The molecule has 3 nitrogen and oxygen atoms in total. The number of nitrogens with two attached hydrogens (primary N) is 1. The van der Waals surface area contributed by atoms with Crippen LogP contribution in [0.25, 0.3) is 0 Å². The molecule has 1 atom stereocenters. The number of hydrogen-bond donors (Lipinski definition) is 2. The molecule has 2 rings (SSSR count). The van der Waals surface area contributed by atoms with E-state index in [1.165, 1.54) is 6.07 Å². The first-order valence-electron chi connectivity index (χ1n) is 5.51. The largest absolute Gasteiger partial charge is 0.271 e. The molecule has 0 radical (unpaired) electrons. The van der Waals surface area contributed by atoms with Gasteiger partial charge >= 0.3 is 0 Å². The van der Waals surface area contributed by atoms with Crippen LogP contribution in [0.2, 0.25) is 5.15 Å². The van der Waals surface area contributed by atoms with E-state index in [-0.39, 0.29) is 11.9 Å². The number of rotatable bonds is 4. The third-order valence-electron chi connectivity index (χ3n) is 2.74. The quantitative estimate of drug-likeness (QED) is 0.508. The molecule has 1 aromatic carbocycles. The summed E-state index contributed by atoms with van der Waals surface area (Å²) in [6.07, 6.45) is 2.08. The summed E-state index contributed by atoms with van der Waals surface area (Å²) in [4.78, 5) is 3.99. The van der Waals surface area contributed by atoms with Crippen LogP contribution < -0.4 is 11.3 Å². The smallest absolute Gasteiger partial charge is 0.129 e. The van der Waals surface area contributed by atoms with Crippen molar-refractivity contribution in [3.63, 3.8) is 0 Å². The van der Waals surface area contributed by atoms with Crippen molar-refractivity contribution < 1.29 is 4.39 Å². The number of pyridine rings is 1. The van der Waals surface area contributed by atoms with Gasteiger partial charge in [-0.15, -0.1) is 0 Å². The average Bonchev–Trinajstić information content (AvgIpc) is 2.39. The van der Waals surface area contributed by atoms with Crippen LogP contribution >= 0.6 is 11.6 Å². The lowest BCUT2D eigenvalue weighted by molar-refractivity contribution is 0.528. The van der Waals surface area contributed by atoms with Crippen molar-refractivity contribution >= 4 is 11.6 Å². The number of hydrogen-bond acceptors (Lipinski definition) is 3. The van der Waals surface area contributed by atoms with Crippen molar-refractivity contribution in [3.05, 3.63) is 64.7 Å². The van der Waals surface area contributed by atoms with Crippen LogP contribution in [0.1, 0.15) is 17.2 Å². The first kappa shape index (κ1) is 13.0. The van der Waals surface area contributed by atoms with Crippen molar-refractivity contribution in [1.29, 1.82) is 0 Å². The monoisotopic (exact) mass is 265 g/mol. The van der Waals surface area contributed by atoms with Gasteiger partial charge in [-0.25, -0.2) is 9.37 Å². The van der Waals surface area contributed by atoms with Gasteiger partial charge in [-0.05, 0) is 29.7 Å². The second-order valence-corrected chi connectivity index (χ2v) is 4.32. The molecule has 3 N–H and O–H groups in total. The Balaban J connectivity index is 2.20. The topological polar surface area (TPSA) is 50.9 Å². The first-order chi connectivity index (χ1) is 8.70. The highest BCUT2D eigenvalue weighted by molar-refractivity contribution is 6.29. The lowest BCUT2D eigenvalue weighted by atomic mass is 10.0. The number of halogens is 2. The lowest BCUT2D eigenvalue weighted by Crippen LogP contribution is -2.29. The van der Waals surface area contributed by atoms with Gasteiger partial charge in [0, 0.05) is 6.20 Å². The lowest BCUT2D eigenvalue weighted by Gasteiger charge is -2.16. The summed E-state index contributed by atoms with van der Waals surface area (Å²) in [5.74, 6) is 5.27. The van der Waals surface area contributed by atoms with Gasteiger partial charge in [0.25, 0.3) is 0 Å². The van der Waals surface area contributed by atoms with Gasteiger partial charge < -0.3 is 0 Å². The highest BCUT2D eigenvalue weighted by atomic mass is 35.5. The van der Waals surface area contributed by atoms with E-state index in [1.54, 1.807) is 30.5 Å². The maximum Gasteiger partial charge on any atom is 0.129 e. The first-order valence-corrected chi connectivity index (χ1v) is 5.89. The highest BCUT2D eigenvalue weighted by Crippen LogP contribution is 2.19. The van der Waals surface area contributed by atoms with Gasteiger partial charge in [-0.1, -0.05) is 35.9 Å². The van der Waals surface area contributed by atoms with E-state index in [2.05, 4.69) is 10.4 Å². The molecule has 1 unspecified atom stereocenters. The standard InChI is InChI=1S/C13H13ClFN3/c14-13-6-5-10(8-17-13)12(18-16)7-9-3-1-2-4-11(9)15/h1-6,8,12,18H,7,16H2. The van der Waals surface area contributed by atoms with E-state index in [0.29, 0.717) is 17.1 Å². The second-order valence-electron chi connectivity index (χ2n) is 3.93. The molecule has 0 aliphatic heterocycles. The molecule has 0 bridgehead atoms. The highest BCUT2D eigenvalue weighted by Gasteiger charge is 2.13. The summed E-state index contributed by atoms with van der Waals surface area (Å²) in [7, 11) is 0. The van der Waals surface area contributed by atoms with Crippen molar-refractivity contribution in [2.45, 2.75) is 12.5 Å². The second kappa shape index (κ2) is 5.91. The van der Waals surface area contributed by atoms with Crippen LogP contribution in [0, 0.1) is 5.82 Å². The molecular formula is C13H13ClFN3. The fourth-order valence-corrected chi connectivity index (χ4v) is 1.86. The summed E-state index contributed by atoms with van der Waals surface area (Å²) in [5.41, 5.74) is 4.14. The van der Waals surface area contributed by atoms with E-state index in [0.717, 1.165) is 5.56 Å². The number of benzene rings is 1. The van der Waals surface area contributed by atoms with Gasteiger partial charge in [-0.2, -0.15) is 0 Å². The Bertz CT molecular complexity index is 516. The fraction of sp³-hybridized carbons (Fsp3) is 0.154. The molecule has 0 saturated heterocycles. The van der Waals surface area contributed by atoms with Crippen molar-refractivity contribution in [3.8, 4) is 0 Å². The van der Waals surface area contributed by atoms with E-state index < -0.39 is 0 Å². The van der Waals surface area contributed by atoms with Crippen LogP contribution in [0.15, 0.2) is 42.6 Å². The summed E-state index contributed by atoms with van der Waals surface area (Å²) in [6, 6.07) is 9.93. The van der Waals surface area contributed by atoms with Crippen LogP contribution in [0.4, 0.5) is 4.39 Å². The van der Waals surface area contributed by atoms with Crippen molar-refractivity contribution in [2.75, 3.05) is 0 Å². The zero-order valence-electron chi connectivity index (χ0n) is 9.61. The van der Waals surface area contributed by atoms with Crippen molar-refractivity contribution in [1.82, 2.24) is 10.4 Å². The van der Waals surface area contributed by atoms with Gasteiger partial charge in [0.1, 0.15) is 11.0 Å². The molecule has 0 aliphatic carbocycles. The molecule has 0 amide bonds. The molecule has 0 fully saturated rings. The molecule has 18 heavy (non-hydrogen) atoms. The van der Waals surface area contributed by atoms with Crippen LogP contribution in [-0.2, 0) is 6.42 Å². The Hall–Kier alpha value is -1.49. The van der Waals surface area contributed by atoms with E-state index in [4.69, 9.17) is 17.4 Å². The van der Waals surface area contributed by atoms with Gasteiger partial charge in [0.05, 0.1) is 6.04 Å². The Morgan fingerprint density at radius 3 is 2.67 bits per heavy atom. The number of aromatic nitrogens is 1. The third kappa shape index (κ3) is 3.04. The summed E-state index contributed by atoms with van der Waals surface area (Å²) >= 11 is 5.72.